The van der Waals surface area contributed by atoms with Gasteiger partial charge >= 0.3 is 0 Å². The summed E-state index contributed by atoms with van der Waals surface area (Å²) in [4.78, 5) is 2.44. The number of rotatable bonds is 5. The van der Waals surface area contributed by atoms with E-state index < -0.39 is 0 Å². The molecule has 1 N–H and O–H groups in total. The Morgan fingerprint density at radius 3 is 2.56 bits per heavy atom. The average Bonchev–Trinajstić information content (AvgIpc) is 2.89. The molecule has 1 saturated carbocycles. The van der Waals surface area contributed by atoms with Crippen LogP contribution in [0.2, 0.25) is 0 Å². The van der Waals surface area contributed by atoms with Gasteiger partial charge < -0.3 is 14.6 Å². The fourth-order valence-electron chi connectivity index (χ4n) is 3.48. The first-order valence-electron chi connectivity index (χ1n) is 7.05. The highest BCUT2D eigenvalue weighted by molar-refractivity contribution is 5.12. The second-order valence-corrected chi connectivity index (χ2v) is 5.74. The monoisotopic (exact) mass is 250 g/mol. The fraction of sp³-hybridized carbons (Fsp3) is 0.733. The normalized spacial score (nSPS) is 21.1. The van der Waals surface area contributed by atoms with Crippen LogP contribution in [-0.2, 0) is 6.42 Å². The van der Waals surface area contributed by atoms with Crippen molar-refractivity contribution in [2.75, 3.05) is 21.1 Å². The van der Waals surface area contributed by atoms with E-state index in [-0.39, 0.29) is 0 Å². The number of hydrogen-bond donors (Lipinski definition) is 1. The Labute approximate surface area is 111 Å². The first kappa shape index (κ1) is 13.6. The van der Waals surface area contributed by atoms with Gasteiger partial charge in [-0.2, -0.15) is 0 Å². The van der Waals surface area contributed by atoms with Crippen molar-refractivity contribution in [3.63, 3.8) is 0 Å². The lowest BCUT2D eigenvalue weighted by Gasteiger charge is -2.48. The molecule has 0 bridgehead atoms. The minimum absolute atomic E-state index is 0.296. The third-order valence-corrected chi connectivity index (χ3v) is 4.63. The first-order valence-corrected chi connectivity index (χ1v) is 7.05. The van der Waals surface area contributed by atoms with E-state index in [1.807, 2.05) is 6.26 Å². The third kappa shape index (κ3) is 2.62. The van der Waals surface area contributed by atoms with Gasteiger partial charge in [0.25, 0.3) is 0 Å². The number of likely N-dealkylation sites (N-methyl/N-ethyl adjacent to an activating group) is 2. The number of nitrogens with one attached hydrogen (secondary N) is 1. The van der Waals surface area contributed by atoms with E-state index >= 15 is 0 Å². The highest BCUT2D eigenvalue weighted by atomic mass is 16.3. The van der Waals surface area contributed by atoms with E-state index in [2.05, 4.69) is 37.4 Å². The predicted molar refractivity (Wildman–Crippen MR) is 74.8 cm³/mol. The Bertz CT molecular complexity index is 339. The molecular formula is C15H26N2O. The number of hydrogen-bond acceptors (Lipinski definition) is 3. The van der Waals surface area contributed by atoms with Crippen molar-refractivity contribution < 1.29 is 4.42 Å². The van der Waals surface area contributed by atoms with Gasteiger partial charge in [0.15, 0.2) is 0 Å². The fourth-order valence-corrected chi connectivity index (χ4v) is 3.48. The Balaban J connectivity index is 2.16. The maximum absolute atomic E-state index is 5.20. The summed E-state index contributed by atoms with van der Waals surface area (Å²) in [5.74, 6) is 0. The van der Waals surface area contributed by atoms with Gasteiger partial charge in [0.1, 0.15) is 0 Å². The van der Waals surface area contributed by atoms with Gasteiger partial charge in [-0.3, -0.25) is 0 Å². The molecule has 1 aliphatic rings. The Morgan fingerprint density at radius 2 is 2.06 bits per heavy atom. The standard InChI is InChI=1S/C15H26N2O/c1-16-14(11-13-7-10-18-12-13)15(17(2)3)8-5-4-6-9-15/h7,10,12,14,16H,4-6,8-9,11H2,1-3H3. The van der Waals surface area contributed by atoms with Gasteiger partial charge in [-0.25, -0.2) is 0 Å². The molecule has 0 spiro atoms. The van der Waals surface area contributed by atoms with Gasteiger partial charge in [-0.1, -0.05) is 19.3 Å². The summed E-state index contributed by atoms with van der Waals surface area (Å²) < 4.78 is 5.20. The van der Waals surface area contributed by atoms with E-state index in [0.29, 0.717) is 11.6 Å². The highest BCUT2D eigenvalue weighted by Crippen LogP contribution is 2.36. The lowest BCUT2D eigenvalue weighted by molar-refractivity contribution is 0.0598. The first-order chi connectivity index (χ1) is 8.69. The van der Waals surface area contributed by atoms with Gasteiger partial charge in [-0.05, 0) is 52.0 Å². The van der Waals surface area contributed by atoms with Crippen LogP contribution in [0.25, 0.3) is 0 Å². The molecule has 0 radical (unpaired) electrons. The quantitative estimate of drug-likeness (QED) is 0.871. The van der Waals surface area contributed by atoms with Crippen LogP contribution in [-0.4, -0.2) is 37.6 Å². The van der Waals surface area contributed by atoms with Crippen LogP contribution in [0.15, 0.2) is 23.0 Å². The van der Waals surface area contributed by atoms with Gasteiger partial charge in [-0.15, -0.1) is 0 Å². The summed E-state index contributed by atoms with van der Waals surface area (Å²) >= 11 is 0. The molecule has 1 aromatic rings. The van der Waals surface area contributed by atoms with Gasteiger partial charge in [0, 0.05) is 11.6 Å². The topological polar surface area (TPSA) is 28.4 Å². The van der Waals surface area contributed by atoms with E-state index in [0.717, 1.165) is 6.42 Å². The minimum Gasteiger partial charge on any atom is -0.472 e. The van der Waals surface area contributed by atoms with Crippen molar-refractivity contribution in [1.29, 1.82) is 0 Å². The Hall–Kier alpha value is -0.800. The molecule has 1 heterocycles. The maximum atomic E-state index is 5.20. The lowest BCUT2D eigenvalue weighted by atomic mass is 9.73. The second kappa shape index (κ2) is 5.89. The maximum Gasteiger partial charge on any atom is 0.0935 e. The van der Waals surface area contributed by atoms with Gasteiger partial charge in [0.05, 0.1) is 12.5 Å². The molecule has 0 amide bonds. The number of furan rings is 1. The molecule has 1 aromatic heterocycles. The summed E-state index contributed by atoms with van der Waals surface area (Å²) in [6, 6.07) is 2.57. The van der Waals surface area contributed by atoms with E-state index in [9.17, 15) is 0 Å². The Kier molecular flexibility index (Phi) is 4.46. The van der Waals surface area contributed by atoms with Crippen LogP contribution < -0.4 is 5.32 Å². The molecule has 0 saturated heterocycles. The summed E-state index contributed by atoms with van der Waals surface area (Å²) in [6.07, 6.45) is 11.4. The van der Waals surface area contributed by atoms with Crippen LogP contribution in [0, 0.1) is 0 Å². The highest BCUT2D eigenvalue weighted by Gasteiger charge is 2.40. The molecule has 1 aliphatic carbocycles. The molecule has 2 rings (SSSR count). The molecule has 18 heavy (non-hydrogen) atoms. The average molecular weight is 250 g/mol. The molecule has 3 nitrogen and oxygen atoms in total. The van der Waals surface area contributed by atoms with Crippen LogP contribution in [0.3, 0.4) is 0 Å². The largest absolute Gasteiger partial charge is 0.472 e. The van der Waals surface area contributed by atoms with E-state index in [1.54, 1.807) is 6.26 Å². The summed E-state index contributed by atoms with van der Waals surface area (Å²) in [7, 11) is 6.54. The molecule has 3 heteroatoms. The zero-order chi connectivity index (χ0) is 13.0. The van der Waals surface area contributed by atoms with Crippen molar-refractivity contribution in [3.8, 4) is 0 Å². The van der Waals surface area contributed by atoms with Crippen LogP contribution in [0.1, 0.15) is 37.7 Å². The molecular weight excluding hydrogens is 224 g/mol. The van der Waals surface area contributed by atoms with Crippen LogP contribution in [0.5, 0.6) is 0 Å². The molecule has 1 atom stereocenters. The van der Waals surface area contributed by atoms with Gasteiger partial charge in [0.2, 0.25) is 0 Å². The van der Waals surface area contributed by atoms with Crippen LogP contribution >= 0.6 is 0 Å². The Morgan fingerprint density at radius 1 is 1.33 bits per heavy atom. The third-order valence-electron chi connectivity index (χ3n) is 4.63. The summed E-state index contributed by atoms with van der Waals surface area (Å²) in [6.45, 7) is 0. The van der Waals surface area contributed by atoms with Crippen molar-refractivity contribution in [2.24, 2.45) is 0 Å². The summed E-state index contributed by atoms with van der Waals surface area (Å²) in [5.41, 5.74) is 1.59. The lowest BCUT2D eigenvalue weighted by Crippen LogP contribution is -2.60. The molecule has 102 valence electrons. The van der Waals surface area contributed by atoms with E-state index in [4.69, 9.17) is 4.42 Å². The molecule has 1 unspecified atom stereocenters. The zero-order valence-electron chi connectivity index (χ0n) is 11.9. The molecule has 0 aromatic carbocycles. The zero-order valence-corrected chi connectivity index (χ0v) is 11.9. The van der Waals surface area contributed by atoms with Crippen LogP contribution in [0.4, 0.5) is 0 Å². The molecule has 1 fully saturated rings. The minimum atomic E-state index is 0.296. The smallest absolute Gasteiger partial charge is 0.0935 e. The molecule has 0 aliphatic heterocycles. The second-order valence-electron chi connectivity index (χ2n) is 5.74. The van der Waals surface area contributed by atoms with Crippen molar-refractivity contribution >= 4 is 0 Å². The summed E-state index contributed by atoms with van der Waals surface area (Å²) in [5, 5.41) is 3.55. The number of nitrogens with zero attached hydrogens (tertiary/aromatic N) is 1. The van der Waals surface area contributed by atoms with Crippen molar-refractivity contribution in [1.82, 2.24) is 10.2 Å². The van der Waals surface area contributed by atoms with E-state index in [1.165, 1.54) is 37.7 Å². The predicted octanol–water partition coefficient (Wildman–Crippen LogP) is 2.67. The van der Waals surface area contributed by atoms with Crippen molar-refractivity contribution in [3.05, 3.63) is 24.2 Å². The SMILES string of the molecule is CNC(Cc1ccoc1)C1(N(C)C)CCCCC1. The van der Waals surface area contributed by atoms with Crippen molar-refractivity contribution in [2.45, 2.75) is 50.1 Å².